The Balaban J connectivity index is 1.77. The minimum atomic E-state index is -0.109. The van der Waals surface area contributed by atoms with E-state index in [9.17, 15) is 4.79 Å². The van der Waals surface area contributed by atoms with Crippen LogP contribution in [-0.2, 0) is 4.79 Å². The van der Waals surface area contributed by atoms with Gasteiger partial charge in [-0.15, -0.1) is 0 Å². The van der Waals surface area contributed by atoms with Gasteiger partial charge in [0.25, 0.3) is 0 Å². The molecule has 1 aromatic carbocycles. The molecule has 1 unspecified atom stereocenters. The van der Waals surface area contributed by atoms with Gasteiger partial charge in [-0.25, -0.2) is 4.98 Å². The lowest BCUT2D eigenvalue weighted by molar-refractivity contribution is -0.132. The van der Waals surface area contributed by atoms with Crippen LogP contribution in [0.25, 0.3) is 5.65 Å². The van der Waals surface area contributed by atoms with E-state index >= 15 is 0 Å². The van der Waals surface area contributed by atoms with Gasteiger partial charge in [-0.05, 0) is 43.9 Å². The highest BCUT2D eigenvalue weighted by Crippen LogP contribution is 2.35. The molecular weight excluding hydrogens is 350 g/mol. The van der Waals surface area contributed by atoms with Crippen molar-refractivity contribution in [1.29, 1.82) is 0 Å². The van der Waals surface area contributed by atoms with Crippen molar-refractivity contribution in [2.24, 2.45) is 0 Å². The molecule has 5 nitrogen and oxygen atoms in total. The molecule has 146 valence electrons. The van der Waals surface area contributed by atoms with Crippen LogP contribution in [0.15, 0.2) is 48.8 Å². The number of carbonyl (C=O) groups is 1. The first-order chi connectivity index (χ1) is 13.7. The molecule has 0 radical (unpaired) electrons. The van der Waals surface area contributed by atoms with Crippen LogP contribution < -0.4 is 4.74 Å². The number of carbonyl (C=O) groups excluding carboxylic acids is 1. The van der Waals surface area contributed by atoms with Crippen LogP contribution in [0.5, 0.6) is 5.75 Å². The summed E-state index contributed by atoms with van der Waals surface area (Å²) in [6.45, 7) is 3.79. The second-order valence-corrected chi connectivity index (χ2v) is 7.51. The van der Waals surface area contributed by atoms with Gasteiger partial charge in [0.15, 0.2) is 0 Å². The molecule has 1 atom stereocenters. The number of aromatic nitrogens is 2. The third-order valence-corrected chi connectivity index (χ3v) is 5.72. The molecule has 3 aromatic rings. The molecule has 0 bridgehead atoms. The number of aryl methyl sites for hydroxylation is 1. The van der Waals surface area contributed by atoms with Crippen molar-refractivity contribution in [1.82, 2.24) is 14.3 Å². The lowest BCUT2D eigenvalue weighted by Gasteiger charge is -2.29. The van der Waals surface area contributed by atoms with Gasteiger partial charge in [0.1, 0.15) is 11.4 Å². The standard InChI is InChI=1S/C23H27N3O2/c1-17-9-8-14-26-20(16-24-23(17)26)19(18-10-4-5-11-21(18)28-2)15-22(27)25-12-6-3-7-13-25/h4-5,8-11,14,16,19H,3,6-7,12-13,15H2,1-2H3. The molecule has 28 heavy (non-hydrogen) atoms. The van der Waals surface area contributed by atoms with Crippen molar-refractivity contribution in [2.75, 3.05) is 20.2 Å². The molecule has 1 amide bonds. The van der Waals surface area contributed by atoms with Crippen molar-refractivity contribution in [3.05, 3.63) is 65.6 Å². The molecule has 5 heteroatoms. The van der Waals surface area contributed by atoms with E-state index in [-0.39, 0.29) is 11.8 Å². The number of likely N-dealkylation sites (tertiary alicyclic amines) is 1. The zero-order chi connectivity index (χ0) is 19.5. The maximum Gasteiger partial charge on any atom is 0.223 e. The van der Waals surface area contributed by atoms with Crippen LogP contribution in [-0.4, -0.2) is 40.4 Å². The van der Waals surface area contributed by atoms with Crippen LogP contribution >= 0.6 is 0 Å². The van der Waals surface area contributed by atoms with Gasteiger partial charge in [0.2, 0.25) is 5.91 Å². The van der Waals surface area contributed by atoms with E-state index < -0.39 is 0 Å². The number of para-hydroxylation sites is 1. The number of fused-ring (bicyclic) bond motifs is 1. The molecular formula is C23H27N3O2. The Morgan fingerprint density at radius 2 is 1.93 bits per heavy atom. The maximum atomic E-state index is 13.1. The van der Waals surface area contributed by atoms with E-state index in [0.29, 0.717) is 6.42 Å². The van der Waals surface area contributed by atoms with E-state index in [1.54, 1.807) is 7.11 Å². The number of benzene rings is 1. The van der Waals surface area contributed by atoms with Crippen LogP contribution in [0, 0.1) is 6.92 Å². The SMILES string of the molecule is COc1ccccc1C(CC(=O)N1CCCCC1)c1cnc2c(C)cccn12. The third-order valence-electron chi connectivity index (χ3n) is 5.72. The number of nitrogens with zero attached hydrogens (tertiary/aromatic N) is 3. The second kappa shape index (κ2) is 8.05. The minimum absolute atomic E-state index is 0.109. The number of methoxy groups -OCH3 is 1. The fraction of sp³-hybridized carbons (Fsp3) is 0.391. The fourth-order valence-electron chi connectivity index (χ4n) is 4.20. The molecule has 3 heterocycles. The third kappa shape index (κ3) is 3.49. The number of piperidine rings is 1. The highest BCUT2D eigenvalue weighted by atomic mass is 16.5. The molecule has 0 aliphatic carbocycles. The van der Waals surface area contributed by atoms with E-state index in [4.69, 9.17) is 4.74 Å². The number of hydrogen-bond acceptors (Lipinski definition) is 3. The number of imidazole rings is 1. The van der Waals surface area contributed by atoms with E-state index in [2.05, 4.69) is 28.4 Å². The smallest absolute Gasteiger partial charge is 0.223 e. The van der Waals surface area contributed by atoms with Gasteiger partial charge in [-0.3, -0.25) is 4.79 Å². The Labute approximate surface area is 166 Å². The zero-order valence-electron chi connectivity index (χ0n) is 16.6. The number of rotatable bonds is 5. The number of ether oxygens (including phenoxy) is 1. The Bertz CT molecular complexity index is 973. The molecule has 1 aliphatic heterocycles. The molecule has 0 N–H and O–H groups in total. The van der Waals surface area contributed by atoms with E-state index in [1.807, 2.05) is 41.6 Å². The Hall–Kier alpha value is -2.82. The Morgan fingerprint density at radius 3 is 2.71 bits per heavy atom. The number of amides is 1. The molecule has 0 spiro atoms. The lowest BCUT2D eigenvalue weighted by atomic mass is 9.91. The van der Waals surface area contributed by atoms with Crippen LogP contribution in [0.3, 0.4) is 0 Å². The summed E-state index contributed by atoms with van der Waals surface area (Å²) in [6, 6.07) is 12.1. The number of pyridine rings is 1. The van der Waals surface area contributed by atoms with Gasteiger partial charge in [-0.1, -0.05) is 24.3 Å². The van der Waals surface area contributed by atoms with Crippen LogP contribution in [0.1, 0.15) is 48.4 Å². The fourth-order valence-corrected chi connectivity index (χ4v) is 4.20. The van der Waals surface area contributed by atoms with Gasteiger partial charge >= 0.3 is 0 Å². The van der Waals surface area contributed by atoms with E-state index in [0.717, 1.165) is 54.1 Å². The summed E-state index contributed by atoms with van der Waals surface area (Å²) in [6.07, 6.45) is 7.76. The summed E-state index contributed by atoms with van der Waals surface area (Å²) in [5, 5.41) is 0. The minimum Gasteiger partial charge on any atom is -0.496 e. The predicted octanol–water partition coefficient (Wildman–Crippen LogP) is 4.19. The molecule has 0 saturated carbocycles. The van der Waals surface area contributed by atoms with Gasteiger partial charge in [0, 0.05) is 43.4 Å². The first-order valence-electron chi connectivity index (χ1n) is 10.0. The quantitative estimate of drug-likeness (QED) is 0.670. The summed E-state index contributed by atoms with van der Waals surface area (Å²) < 4.78 is 7.74. The maximum absolute atomic E-state index is 13.1. The summed E-state index contributed by atoms with van der Waals surface area (Å²) in [5.74, 6) is 0.905. The largest absolute Gasteiger partial charge is 0.496 e. The van der Waals surface area contributed by atoms with Crippen molar-refractivity contribution in [2.45, 2.75) is 38.5 Å². The second-order valence-electron chi connectivity index (χ2n) is 7.51. The van der Waals surface area contributed by atoms with E-state index in [1.165, 1.54) is 6.42 Å². The highest BCUT2D eigenvalue weighted by Gasteiger charge is 2.27. The topological polar surface area (TPSA) is 46.8 Å². The summed E-state index contributed by atoms with van der Waals surface area (Å²) >= 11 is 0. The molecule has 4 rings (SSSR count). The van der Waals surface area contributed by atoms with Gasteiger partial charge in [-0.2, -0.15) is 0 Å². The predicted molar refractivity (Wildman–Crippen MR) is 110 cm³/mol. The Morgan fingerprint density at radius 1 is 1.14 bits per heavy atom. The first-order valence-corrected chi connectivity index (χ1v) is 10.0. The summed E-state index contributed by atoms with van der Waals surface area (Å²) in [4.78, 5) is 19.8. The van der Waals surface area contributed by atoms with Gasteiger partial charge < -0.3 is 14.0 Å². The van der Waals surface area contributed by atoms with Crippen LogP contribution in [0.2, 0.25) is 0 Å². The van der Waals surface area contributed by atoms with Crippen LogP contribution in [0.4, 0.5) is 0 Å². The zero-order valence-corrected chi connectivity index (χ0v) is 16.6. The van der Waals surface area contributed by atoms with Crippen molar-refractivity contribution < 1.29 is 9.53 Å². The molecule has 1 fully saturated rings. The van der Waals surface area contributed by atoms with Gasteiger partial charge in [0.05, 0.1) is 12.8 Å². The average molecular weight is 377 g/mol. The lowest BCUT2D eigenvalue weighted by Crippen LogP contribution is -2.36. The summed E-state index contributed by atoms with van der Waals surface area (Å²) in [5.41, 5.74) is 4.10. The highest BCUT2D eigenvalue weighted by molar-refractivity contribution is 5.78. The molecule has 2 aromatic heterocycles. The van der Waals surface area contributed by atoms with Crippen molar-refractivity contribution in [3.8, 4) is 5.75 Å². The Kier molecular flexibility index (Phi) is 5.33. The number of hydrogen-bond donors (Lipinski definition) is 0. The molecule has 1 aliphatic rings. The van der Waals surface area contributed by atoms with Crippen molar-refractivity contribution >= 4 is 11.6 Å². The average Bonchev–Trinajstić information content (AvgIpc) is 3.18. The summed E-state index contributed by atoms with van der Waals surface area (Å²) in [7, 11) is 1.68. The normalized spacial score (nSPS) is 15.6. The molecule has 1 saturated heterocycles. The van der Waals surface area contributed by atoms with Crippen molar-refractivity contribution in [3.63, 3.8) is 0 Å². The first kappa shape index (κ1) is 18.5. The monoisotopic (exact) mass is 377 g/mol.